The van der Waals surface area contributed by atoms with Crippen LogP contribution in [0.25, 0.3) is 0 Å². The summed E-state index contributed by atoms with van der Waals surface area (Å²) in [6, 6.07) is 0.0463. The molecule has 12 heavy (non-hydrogen) atoms. The lowest BCUT2D eigenvalue weighted by molar-refractivity contribution is -0.127. The highest BCUT2D eigenvalue weighted by molar-refractivity contribution is 6.60. The molecule has 0 bridgehead atoms. The molecule has 1 aliphatic heterocycles. The summed E-state index contributed by atoms with van der Waals surface area (Å²) in [4.78, 5) is 23.0. The van der Waals surface area contributed by atoms with Crippen molar-refractivity contribution in [1.29, 1.82) is 0 Å². The van der Waals surface area contributed by atoms with Gasteiger partial charge in [-0.3, -0.25) is 4.79 Å². The zero-order valence-corrected chi connectivity index (χ0v) is 6.99. The van der Waals surface area contributed by atoms with Gasteiger partial charge in [-0.25, -0.2) is 0 Å². The molecule has 0 aromatic carbocycles. The standard InChI is InChI=1S/C8H10BNO2/c1-10-6(2-4-7(9)11)3-5-8(10)12/h2,4,6H,3,5H2,1H3/b4-2+/t6-/m0/s1. The van der Waals surface area contributed by atoms with Crippen LogP contribution in [0.1, 0.15) is 12.8 Å². The Morgan fingerprint density at radius 1 is 1.75 bits per heavy atom. The summed E-state index contributed by atoms with van der Waals surface area (Å²) in [7, 11) is 6.65. The lowest BCUT2D eigenvalue weighted by Crippen LogP contribution is -2.26. The van der Waals surface area contributed by atoms with Crippen LogP contribution in [0.2, 0.25) is 0 Å². The lowest BCUT2D eigenvalue weighted by Gasteiger charge is -2.15. The maximum absolute atomic E-state index is 11.0. The number of likely N-dealkylation sites (tertiary alicyclic amines) is 1. The zero-order valence-electron chi connectivity index (χ0n) is 6.99. The molecule has 1 heterocycles. The zero-order chi connectivity index (χ0) is 9.14. The number of hydrogen-bond donors (Lipinski definition) is 0. The van der Waals surface area contributed by atoms with Crippen LogP contribution in [0.3, 0.4) is 0 Å². The summed E-state index contributed by atoms with van der Waals surface area (Å²) in [5, 5.41) is 0. The molecule has 3 nitrogen and oxygen atoms in total. The summed E-state index contributed by atoms with van der Waals surface area (Å²) >= 11 is 0. The van der Waals surface area contributed by atoms with Gasteiger partial charge in [0.1, 0.15) is 0 Å². The van der Waals surface area contributed by atoms with Crippen LogP contribution < -0.4 is 0 Å². The van der Waals surface area contributed by atoms with Crippen LogP contribution in [0, 0.1) is 0 Å². The molecule has 2 radical (unpaired) electrons. The molecule has 1 fully saturated rings. The van der Waals surface area contributed by atoms with Gasteiger partial charge in [0.25, 0.3) is 0 Å². The van der Waals surface area contributed by atoms with Crippen molar-refractivity contribution >= 4 is 19.4 Å². The minimum Gasteiger partial charge on any atom is -0.339 e. The summed E-state index contributed by atoms with van der Waals surface area (Å²) in [6.07, 6.45) is 4.32. The molecule has 0 spiro atoms. The van der Waals surface area contributed by atoms with Gasteiger partial charge in [0.05, 0.1) is 11.7 Å². The molecular formula is C8H10BNO2. The quantitative estimate of drug-likeness (QED) is 0.419. The predicted octanol–water partition coefficient (Wildman–Crippen LogP) is -0.142. The number of nitrogens with zero attached hydrogens (tertiary/aromatic N) is 1. The second-order valence-electron chi connectivity index (χ2n) is 2.87. The third-order valence-electron chi connectivity index (χ3n) is 2.03. The lowest BCUT2D eigenvalue weighted by atomic mass is 10.0. The van der Waals surface area contributed by atoms with Crippen molar-refractivity contribution in [2.75, 3.05) is 7.05 Å². The minimum absolute atomic E-state index is 0.0463. The Morgan fingerprint density at radius 3 is 2.83 bits per heavy atom. The molecule has 62 valence electrons. The molecule has 0 saturated carbocycles. The maximum Gasteiger partial charge on any atom is 0.222 e. The fourth-order valence-corrected chi connectivity index (χ4v) is 1.26. The highest BCUT2D eigenvalue weighted by Gasteiger charge is 2.24. The molecule has 1 aliphatic rings. The van der Waals surface area contributed by atoms with E-state index in [0.717, 1.165) is 6.42 Å². The van der Waals surface area contributed by atoms with E-state index in [1.165, 1.54) is 6.08 Å². The van der Waals surface area contributed by atoms with E-state index in [2.05, 4.69) is 0 Å². The summed E-state index contributed by atoms with van der Waals surface area (Å²) in [5.74, 6) is 0.120. The summed E-state index contributed by atoms with van der Waals surface area (Å²) in [5.41, 5.74) is -0.470. The van der Waals surface area contributed by atoms with E-state index in [0.29, 0.717) is 6.42 Å². The number of hydrogen-bond acceptors (Lipinski definition) is 2. The van der Waals surface area contributed by atoms with Crippen LogP contribution in [-0.4, -0.2) is 37.4 Å². The van der Waals surface area contributed by atoms with Gasteiger partial charge in [-0.05, 0) is 12.5 Å². The Labute approximate surface area is 72.8 Å². The van der Waals surface area contributed by atoms with Gasteiger partial charge < -0.3 is 9.69 Å². The highest BCUT2D eigenvalue weighted by atomic mass is 16.2. The molecule has 0 aromatic rings. The van der Waals surface area contributed by atoms with E-state index < -0.39 is 5.68 Å². The van der Waals surface area contributed by atoms with E-state index in [1.807, 2.05) is 0 Å². The van der Waals surface area contributed by atoms with Crippen molar-refractivity contribution in [3.8, 4) is 0 Å². The number of carbonyl (C=O) groups is 2. The molecule has 1 rings (SSSR count). The second kappa shape index (κ2) is 3.56. The van der Waals surface area contributed by atoms with Crippen molar-refractivity contribution in [3.63, 3.8) is 0 Å². The van der Waals surface area contributed by atoms with Gasteiger partial charge in [-0.2, -0.15) is 0 Å². The largest absolute Gasteiger partial charge is 0.339 e. The number of likely N-dealkylation sites (N-methyl/N-ethyl adjacent to an activating group) is 1. The normalized spacial score (nSPS) is 23.9. The van der Waals surface area contributed by atoms with Gasteiger partial charge in [0.15, 0.2) is 7.85 Å². The first-order chi connectivity index (χ1) is 5.61. The van der Waals surface area contributed by atoms with E-state index in [1.54, 1.807) is 18.0 Å². The number of carbonyl (C=O) groups excluding carboxylic acids is 2. The first kappa shape index (κ1) is 9.04. The minimum atomic E-state index is -0.470. The van der Waals surface area contributed by atoms with Crippen molar-refractivity contribution in [3.05, 3.63) is 12.2 Å². The van der Waals surface area contributed by atoms with Crippen LogP contribution in [0.4, 0.5) is 0 Å². The fraction of sp³-hybridized carbons (Fsp3) is 0.500. The van der Waals surface area contributed by atoms with Crippen LogP contribution in [0.5, 0.6) is 0 Å². The van der Waals surface area contributed by atoms with Crippen molar-refractivity contribution in [2.45, 2.75) is 18.9 Å². The average Bonchev–Trinajstić information content (AvgIpc) is 2.30. The van der Waals surface area contributed by atoms with E-state index in [4.69, 9.17) is 7.85 Å². The summed E-state index contributed by atoms with van der Waals surface area (Å²) in [6.45, 7) is 0. The Bertz CT molecular complexity index is 237. The van der Waals surface area contributed by atoms with Gasteiger partial charge in [0, 0.05) is 13.5 Å². The highest BCUT2D eigenvalue weighted by Crippen LogP contribution is 2.16. The average molecular weight is 163 g/mol. The second-order valence-corrected chi connectivity index (χ2v) is 2.87. The fourth-order valence-electron chi connectivity index (χ4n) is 1.26. The third-order valence-corrected chi connectivity index (χ3v) is 2.03. The number of amides is 1. The Kier molecular flexibility index (Phi) is 2.68. The topological polar surface area (TPSA) is 37.4 Å². The Morgan fingerprint density at radius 2 is 2.42 bits per heavy atom. The molecule has 4 heteroatoms. The van der Waals surface area contributed by atoms with Crippen LogP contribution >= 0.6 is 0 Å². The first-order valence-electron chi connectivity index (χ1n) is 3.84. The van der Waals surface area contributed by atoms with Gasteiger partial charge in [-0.1, -0.05) is 6.08 Å². The molecule has 0 aliphatic carbocycles. The third kappa shape index (κ3) is 1.97. The molecule has 0 N–H and O–H groups in total. The van der Waals surface area contributed by atoms with E-state index in [-0.39, 0.29) is 11.9 Å². The van der Waals surface area contributed by atoms with Crippen molar-refractivity contribution in [1.82, 2.24) is 4.90 Å². The van der Waals surface area contributed by atoms with Crippen LogP contribution in [-0.2, 0) is 9.59 Å². The Hall–Kier alpha value is -1.06. The van der Waals surface area contributed by atoms with Gasteiger partial charge >= 0.3 is 0 Å². The molecular weight excluding hydrogens is 153 g/mol. The number of allylic oxidation sites excluding steroid dienone is 1. The molecule has 0 aromatic heterocycles. The van der Waals surface area contributed by atoms with Gasteiger partial charge in [-0.15, -0.1) is 0 Å². The predicted molar refractivity (Wildman–Crippen MR) is 45.7 cm³/mol. The van der Waals surface area contributed by atoms with Crippen molar-refractivity contribution < 1.29 is 9.59 Å². The number of rotatable bonds is 2. The van der Waals surface area contributed by atoms with E-state index >= 15 is 0 Å². The first-order valence-corrected chi connectivity index (χ1v) is 3.84. The molecule has 1 amide bonds. The molecule has 1 atom stereocenters. The maximum atomic E-state index is 11.0. The SMILES string of the molecule is [B]C(=O)/C=C/[C@H]1CCC(=O)N1C. The van der Waals surface area contributed by atoms with Gasteiger partial charge in [0.2, 0.25) is 5.91 Å². The van der Waals surface area contributed by atoms with Crippen molar-refractivity contribution in [2.24, 2.45) is 0 Å². The monoisotopic (exact) mass is 163 g/mol. The van der Waals surface area contributed by atoms with E-state index in [9.17, 15) is 9.59 Å². The summed E-state index contributed by atoms with van der Waals surface area (Å²) < 4.78 is 0. The smallest absolute Gasteiger partial charge is 0.222 e. The Balaban J connectivity index is 2.55. The van der Waals surface area contributed by atoms with Crippen LogP contribution in [0.15, 0.2) is 12.2 Å². The molecule has 1 saturated heterocycles. The molecule has 0 unspecified atom stereocenters.